The summed E-state index contributed by atoms with van der Waals surface area (Å²) in [6.07, 6.45) is 6.89. The Morgan fingerprint density at radius 3 is 2.90 bits per heavy atom. The summed E-state index contributed by atoms with van der Waals surface area (Å²) in [4.78, 5) is 15.0. The first-order valence-electron chi connectivity index (χ1n) is 9.61. The zero-order valence-electron chi connectivity index (χ0n) is 16.4. The summed E-state index contributed by atoms with van der Waals surface area (Å²) >= 11 is 6.17. The van der Waals surface area contributed by atoms with Gasteiger partial charge in [0.25, 0.3) is 0 Å². The van der Waals surface area contributed by atoms with Gasteiger partial charge in [0.2, 0.25) is 0 Å². The molecule has 3 heterocycles. The fourth-order valence-corrected chi connectivity index (χ4v) is 3.75. The summed E-state index contributed by atoms with van der Waals surface area (Å²) in [5.41, 5.74) is 1.48. The molecule has 1 aliphatic rings. The molecule has 1 fully saturated rings. The van der Waals surface area contributed by atoms with E-state index in [4.69, 9.17) is 16.3 Å². The molecule has 0 aliphatic carbocycles. The zero-order valence-corrected chi connectivity index (χ0v) is 17.1. The van der Waals surface area contributed by atoms with Crippen LogP contribution in [0.2, 0.25) is 5.02 Å². The summed E-state index contributed by atoms with van der Waals surface area (Å²) in [7, 11) is 0. The molecule has 29 heavy (non-hydrogen) atoms. The SMILES string of the molecule is CCn1cc(Cn2ccn(-c3cc(N4CCO[C@H](C)C4)cc(Cl)c3F)c2=O)cn1. The number of hydrogen-bond acceptors (Lipinski definition) is 4. The Balaban J connectivity index is 1.67. The van der Waals surface area contributed by atoms with Gasteiger partial charge in [0.1, 0.15) is 0 Å². The quantitative estimate of drug-likeness (QED) is 0.638. The fourth-order valence-electron chi connectivity index (χ4n) is 3.55. The molecule has 0 N–H and O–H groups in total. The van der Waals surface area contributed by atoms with Crippen LogP contribution in [0.1, 0.15) is 19.4 Å². The van der Waals surface area contributed by atoms with E-state index in [1.165, 1.54) is 9.13 Å². The van der Waals surface area contributed by atoms with Crippen molar-refractivity contribution >= 4 is 17.3 Å². The summed E-state index contributed by atoms with van der Waals surface area (Å²) in [6.45, 7) is 7.06. The number of benzene rings is 1. The molecule has 9 heteroatoms. The maximum absolute atomic E-state index is 14.8. The first-order chi connectivity index (χ1) is 14.0. The largest absolute Gasteiger partial charge is 0.375 e. The first-order valence-corrected chi connectivity index (χ1v) is 9.99. The lowest BCUT2D eigenvalue weighted by Gasteiger charge is -2.33. The van der Waals surface area contributed by atoms with E-state index in [0.717, 1.165) is 17.8 Å². The molecule has 0 bridgehead atoms. The highest BCUT2D eigenvalue weighted by Gasteiger charge is 2.21. The second kappa shape index (κ2) is 8.04. The number of aromatic nitrogens is 4. The van der Waals surface area contributed by atoms with E-state index in [1.807, 2.05) is 20.0 Å². The highest BCUT2D eigenvalue weighted by molar-refractivity contribution is 6.31. The Labute approximate surface area is 172 Å². The van der Waals surface area contributed by atoms with Crippen molar-refractivity contribution in [3.05, 3.63) is 63.8 Å². The van der Waals surface area contributed by atoms with Crippen LogP contribution in [-0.2, 0) is 17.8 Å². The Hall–Kier alpha value is -2.58. The van der Waals surface area contributed by atoms with Gasteiger partial charge in [-0.25, -0.2) is 9.18 Å². The van der Waals surface area contributed by atoms with Crippen LogP contribution in [0.5, 0.6) is 0 Å². The minimum Gasteiger partial charge on any atom is -0.375 e. The molecular weight excluding hydrogens is 397 g/mol. The van der Waals surface area contributed by atoms with Crippen LogP contribution in [-0.4, -0.2) is 44.7 Å². The van der Waals surface area contributed by atoms with Gasteiger partial charge in [-0.15, -0.1) is 0 Å². The highest BCUT2D eigenvalue weighted by atomic mass is 35.5. The van der Waals surface area contributed by atoms with E-state index in [1.54, 1.807) is 35.4 Å². The number of anilines is 1. The molecule has 0 saturated carbocycles. The first kappa shape index (κ1) is 19.7. The van der Waals surface area contributed by atoms with Crippen LogP contribution in [0.25, 0.3) is 5.69 Å². The number of imidazole rings is 1. The lowest BCUT2D eigenvalue weighted by atomic mass is 10.2. The second-order valence-electron chi connectivity index (χ2n) is 7.17. The van der Waals surface area contributed by atoms with Crippen LogP contribution in [0.4, 0.5) is 10.1 Å². The maximum Gasteiger partial charge on any atom is 0.333 e. The molecular formula is C20H23ClFN5O2. The maximum atomic E-state index is 14.8. The third-order valence-corrected chi connectivity index (χ3v) is 5.35. The lowest BCUT2D eigenvalue weighted by Crippen LogP contribution is -2.41. The Morgan fingerprint density at radius 1 is 1.34 bits per heavy atom. The molecule has 3 aromatic rings. The third-order valence-electron chi connectivity index (χ3n) is 5.07. The molecule has 1 atom stereocenters. The van der Waals surface area contributed by atoms with Crippen molar-refractivity contribution in [3.8, 4) is 5.69 Å². The highest BCUT2D eigenvalue weighted by Crippen LogP contribution is 2.29. The molecule has 0 amide bonds. The zero-order chi connectivity index (χ0) is 20.5. The Morgan fingerprint density at radius 2 is 2.17 bits per heavy atom. The normalized spacial score (nSPS) is 17.1. The predicted octanol–water partition coefficient (Wildman–Crippen LogP) is 2.92. The molecule has 0 spiro atoms. The van der Waals surface area contributed by atoms with E-state index in [2.05, 4.69) is 10.00 Å². The number of ether oxygens (including phenoxy) is 1. The number of rotatable bonds is 5. The standard InChI is InChI=1S/C20H23ClFN5O2/c1-3-26-13-15(10-23-26)12-25-4-5-27(20(25)28)18-9-16(8-17(21)19(18)22)24-6-7-29-14(2)11-24/h4-5,8-10,13-14H,3,6-7,11-12H2,1-2H3/t14-/m1/s1. The van der Waals surface area contributed by atoms with Gasteiger partial charge in [-0.3, -0.25) is 13.8 Å². The summed E-state index contributed by atoms with van der Waals surface area (Å²) in [5, 5.41) is 4.21. The molecule has 1 saturated heterocycles. The fraction of sp³-hybridized carbons (Fsp3) is 0.400. The molecule has 2 aromatic heterocycles. The summed E-state index contributed by atoms with van der Waals surface area (Å²) in [6, 6.07) is 3.26. The van der Waals surface area contributed by atoms with Crippen molar-refractivity contribution in [2.75, 3.05) is 24.6 Å². The number of aryl methyl sites for hydroxylation is 1. The van der Waals surface area contributed by atoms with Gasteiger partial charge in [0.15, 0.2) is 5.82 Å². The minimum atomic E-state index is -0.615. The van der Waals surface area contributed by atoms with Crippen LogP contribution >= 0.6 is 11.6 Å². The van der Waals surface area contributed by atoms with Crippen molar-refractivity contribution < 1.29 is 9.13 Å². The molecule has 1 aromatic carbocycles. The molecule has 7 nitrogen and oxygen atoms in total. The second-order valence-corrected chi connectivity index (χ2v) is 7.58. The average Bonchev–Trinajstić information content (AvgIpc) is 3.31. The van der Waals surface area contributed by atoms with Crippen molar-refractivity contribution in [2.24, 2.45) is 0 Å². The average molecular weight is 420 g/mol. The number of hydrogen-bond donors (Lipinski definition) is 0. The number of morpholine rings is 1. The number of halogens is 2. The molecule has 0 unspecified atom stereocenters. The van der Waals surface area contributed by atoms with Crippen molar-refractivity contribution in [3.63, 3.8) is 0 Å². The molecule has 0 radical (unpaired) electrons. The predicted molar refractivity (Wildman–Crippen MR) is 110 cm³/mol. The Bertz CT molecular complexity index is 1070. The van der Waals surface area contributed by atoms with Crippen molar-refractivity contribution in [2.45, 2.75) is 33.0 Å². The smallest absolute Gasteiger partial charge is 0.333 e. The van der Waals surface area contributed by atoms with E-state index in [-0.39, 0.29) is 22.5 Å². The van der Waals surface area contributed by atoms with Gasteiger partial charge in [-0.2, -0.15) is 5.10 Å². The third kappa shape index (κ3) is 3.95. The Kier molecular flexibility index (Phi) is 5.47. The van der Waals surface area contributed by atoms with Crippen LogP contribution in [0.15, 0.2) is 41.7 Å². The summed E-state index contributed by atoms with van der Waals surface area (Å²) < 4.78 is 25.0. The molecule has 1 aliphatic heterocycles. The van der Waals surface area contributed by atoms with Gasteiger partial charge in [-0.1, -0.05) is 11.6 Å². The topological polar surface area (TPSA) is 57.2 Å². The van der Waals surface area contributed by atoms with Crippen LogP contribution in [0.3, 0.4) is 0 Å². The monoisotopic (exact) mass is 419 g/mol. The van der Waals surface area contributed by atoms with Crippen LogP contribution < -0.4 is 10.6 Å². The van der Waals surface area contributed by atoms with Crippen molar-refractivity contribution in [1.29, 1.82) is 0 Å². The lowest BCUT2D eigenvalue weighted by molar-refractivity contribution is 0.0532. The van der Waals surface area contributed by atoms with E-state index in [9.17, 15) is 9.18 Å². The van der Waals surface area contributed by atoms with Crippen molar-refractivity contribution in [1.82, 2.24) is 18.9 Å². The van der Waals surface area contributed by atoms with E-state index in [0.29, 0.717) is 26.2 Å². The molecule has 154 valence electrons. The minimum absolute atomic E-state index is 0.0134. The summed E-state index contributed by atoms with van der Waals surface area (Å²) in [5.74, 6) is -0.615. The van der Waals surface area contributed by atoms with Gasteiger partial charge in [0, 0.05) is 49.5 Å². The van der Waals surface area contributed by atoms with Crippen LogP contribution in [0, 0.1) is 5.82 Å². The van der Waals surface area contributed by atoms with E-state index < -0.39 is 5.82 Å². The molecule has 4 rings (SSSR count). The van der Waals surface area contributed by atoms with Gasteiger partial charge >= 0.3 is 5.69 Å². The van der Waals surface area contributed by atoms with Gasteiger partial charge in [-0.05, 0) is 26.0 Å². The number of nitrogens with zero attached hydrogens (tertiary/aromatic N) is 5. The van der Waals surface area contributed by atoms with E-state index >= 15 is 0 Å². The van der Waals surface area contributed by atoms with Gasteiger partial charge in [0.05, 0.1) is 36.2 Å². The van der Waals surface area contributed by atoms with Gasteiger partial charge < -0.3 is 9.64 Å².